The van der Waals surface area contributed by atoms with Gasteiger partial charge in [0.05, 0.1) is 18.1 Å². The number of aliphatic carboxylic acids is 1. The van der Waals surface area contributed by atoms with Gasteiger partial charge in [-0.15, -0.1) is 0 Å². The minimum atomic E-state index is -5.08. The SMILES string of the molecule is CN(C(=O)CCOc1ccccc1Cl)C1CCNC1.O=C(O)C(F)(F)F. The van der Waals surface area contributed by atoms with Gasteiger partial charge < -0.3 is 20.1 Å². The van der Waals surface area contributed by atoms with Crippen LogP contribution < -0.4 is 10.1 Å². The lowest BCUT2D eigenvalue weighted by Gasteiger charge is -2.23. The third kappa shape index (κ3) is 7.49. The minimum absolute atomic E-state index is 0.112. The van der Waals surface area contributed by atoms with Crippen LogP contribution in [0.5, 0.6) is 5.75 Å². The Hall–Kier alpha value is -2.00. The van der Waals surface area contributed by atoms with E-state index in [1.807, 2.05) is 24.1 Å². The fourth-order valence-electron chi connectivity index (χ4n) is 2.16. The molecule has 2 N–H and O–H groups in total. The fourth-order valence-corrected chi connectivity index (χ4v) is 2.35. The summed E-state index contributed by atoms with van der Waals surface area (Å²) in [6.07, 6.45) is -3.69. The molecule has 0 radical (unpaired) electrons. The number of carboxylic acid groups (broad SMARTS) is 1. The second-order valence-electron chi connectivity index (χ2n) is 5.48. The summed E-state index contributed by atoms with van der Waals surface area (Å²) in [5.41, 5.74) is 0. The third-order valence-corrected chi connectivity index (χ3v) is 3.94. The molecule has 2 rings (SSSR count). The number of rotatable bonds is 5. The van der Waals surface area contributed by atoms with Crippen LogP contribution in [0.1, 0.15) is 12.8 Å². The lowest BCUT2D eigenvalue weighted by Crippen LogP contribution is -2.38. The number of halogens is 4. The van der Waals surface area contributed by atoms with Crippen molar-refractivity contribution in [1.29, 1.82) is 0 Å². The van der Waals surface area contributed by atoms with Crippen LogP contribution in [0.3, 0.4) is 0 Å². The number of likely N-dealkylation sites (N-methyl/N-ethyl adjacent to an activating group) is 1. The number of nitrogens with zero attached hydrogens (tertiary/aromatic N) is 1. The summed E-state index contributed by atoms with van der Waals surface area (Å²) in [7, 11) is 1.86. The number of amides is 1. The first kappa shape index (κ1) is 22.0. The largest absolute Gasteiger partial charge is 0.491 e. The van der Waals surface area contributed by atoms with Gasteiger partial charge in [-0.2, -0.15) is 13.2 Å². The number of nitrogens with one attached hydrogen (secondary N) is 1. The monoisotopic (exact) mass is 396 g/mol. The molecule has 1 heterocycles. The van der Waals surface area contributed by atoms with Crippen molar-refractivity contribution >= 4 is 23.5 Å². The minimum Gasteiger partial charge on any atom is -0.491 e. The van der Waals surface area contributed by atoms with Gasteiger partial charge in [-0.05, 0) is 25.1 Å². The van der Waals surface area contributed by atoms with Crippen LogP contribution >= 0.6 is 11.6 Å². The number of ether oxygens (including phenoxy) is 1. The van der Waals surface area contributed by atoms with Gasteiger partial charge >= 0.3 is 12.1 Å². The molecule has 1 aromatic rings. The predicted octanol–water partition coefficient (Wildman–Crippen LogP) is 2.56. The quantitative estimate of drug-likeness (QED) is 0.799. The average molecular weight is 397 g/mol. The standard InChI is InChI=1S/C14H19ClN2O2.C2HF3O2/c1-17(11-6-8-16-10-11)14(18)7-9-19-13-5-3-2-4-12(13)15;3-2(4,5)1(6)7/h2-5,11,16H,6-10H2,1H3;(H,6,7). The van der Waals surface area contributed by atoms with Crippen LogP contribution in [0.4, 0.5) is 13.2 Å². The highest BCUT2D eigenvalue weighted by Gasteiger charge is 2.38. The van der Waals surface area contributed by atoms with E-state index < -0.39 is 12.1 Å². The van der Waals surface area contributed by atoms with Crippen molar-refractivity contribution < 1.29 is 32.6 Å². The van der Waals surface area contributed by atoms with Crippen LogP contribution in [0, 0.1) is 0 Å². The van der Waals surface area contributed by atoms with Crippen molar-refractivity contribution in [1.82, 2.24) is 10.2 Å². The van der Waals surface area contributed by atoms with E-state index in [9.17, 15) is 18.0 Å². The average Bonchev–Trinajstić information content (AvgIpc) is 3.10. The van der Waals surface area contributed by atoms with Crippen LogP contribution in [0.15, 0.2) is 24.3 Å². The molecular weight excluding hydrogens is 377 g/mol. The molecule has 1 unspecified atom stereocenters. The molecule has 1 saturated heterocycles. The lowest BCUT2D eigenvalue weighted by molar-refractivity contribution is -0.192. The topological polar surface area (TPSA) is 78.9 Å². The maximum Gasteiger partial charge on any atom is 0.490 e. The number of carbonyl (C=O) groups excluding carboxylic acids is 1. The predicted molar refractivity (Wildman–Crippen MR) is 89.3 cm³/mol. The van der Waals surface area contributed by atoms with E-state index in [-0.39, 0.29) is 5.91 Å². The van der Waals surface area contributed by atoms with Gasteiger partial charge in [0.25, 0.3) is 0 Å². The summed E-state index contributed by atoms with van der Waals surface area (Å²) >= 11 is 5.98. The number of hydrogen-bond acceptors (Lipinski definition) is 4. The van der Waals surface area contributed by atoms with Gasteiger partial charge in [0.15, 0.2) is 0 Å². The zero-order valence-electron chi connectivity index (χ0n) is 14.1. The first-order valence-electron chi connectivity index (χ1n) is 7.76. The Bertz CT molecular complexity index is 607. The molecule has 6 nitrogen and oxygen atoms in total. The number of carboxylic acids is 1. The van der Waals surface area contributed by atoms with E-state index in [1.165, 1.54) is 0 Å². The molecule has 1 aliphatic heterocycles. The van der Waals surface area contributed by atoms with Crippen molar-refractivity contribution in [3.63, 3.8) is 0 Å². The van der Waals surface area contributed by atoms with Crippen molar-refractivity contribution in [2.45, 2.75) is 25.1 Å². The van der Waals surface area contributed by atoms with E-state index in [0.717, 1.165) is 19.5 Å². The van der Waals surface area contributed by atoms with Crippen molar-refractivity contribution in [2.24, 2.45) is 0 Å². The molecular formula is C16H20ClF3N2O4. The van der Waals surface area contributed by atoms with Crippen LogP contribution in [-0.2, 0) is 9.59 Å². The molecule has 1 fully saturated rings. The molecule has 1 aliphatic rings. The third-order valence-electron chi connectivity index (χ3n) is 3.63. The van der Waals surface area contributed by atoms with E-state index in [0.29, 0.717) is 29.8 Å². The molecule has 1 atom stereocenters. The molecule has 1 amide bonds. The van der Waals surface area contributed by atoms with E-state index in [1.54, 1.807) is 12.1 Å². The summed E-state index contributed by atoms with van der Waals surface area (Å²) in [5, 5.41) is 11.0. The Labute approximate surface area is 153 Å². The van der Waals surface area contributed by atoms with E-state index >= 15 is 0 Å². The number of para-hydroxylation sites is 1. The Morgan fingerprint density at radius 1 is 1.38 bits per heavy atom. The van der Waals surface area contributed by atoms with Crippen molar-refractivity contribution in [2.75, 3.05) is 26.7 Å². The summed E-state index contributed by atoms with van der Waals surface area (Å²) in [4.78, 5) is 22.7. The molecule has 26 heavy (non-hydrogen) atoms. The number of carbonyl (C=O) groups is 2. The highest BCUT2D eigenvalue weighted by molar-refractivity contribution is 6.32. The molecule has 0 bridgehead atoms. The summed E-state index contributed by atoms with van der Waals surface area (Å²) < 4.78 is 37.3. The maximum atomic E-state index is 12.0. The van der Waals surface area contributed by atoms with Gasteiger partial charge in [-0.25, -0.2) is 4.79 Å². The summed E-state index contributed by atoms with van der Waals surface area (Å²) in [6, 6.07) is 7.60. The number of hydrogen-bond donors (Lipinski definition) is 2. The highest BCUT2D eigenvalue weighted by atomic mass is 35.5. The highest BCUT2D eigenvalue weighted by Crippen LogP contribution is 2.23. The van der Waals surface area contributed by atoms with Gasteiger partial charge in [-0.3, -0.25) is 4.79 Å². The fraction of sp³-hybridized carbons (Fsp3) is 0.500. The maximum absolute atomic E-state index is 12.0. The summed E-state index contributed by atoms with van der Waals surface area (Å²) in [5.74, 6) is -2.02. The van der Waals surface area contributed by atoms with Crippen molar-refractivity contribution in [3.8, 4) is 5.75 Å². The van der Waals surface area contributed by atoms with Crippen LogP contribution in [0.2, 0.25) is 5.02 Å². The van der Waals surface area contributed by atoms with Gasteiger partial charge in [-0.1, -0.05) is 23.7 Å². The van der Waals surface area contributed by atoms with Crippen LogP contribution in [-0.4, -0.2) is 60.8 Å². The number of benzene rings is 1. The smallest absolute Gasteiger partial charge is 0.490 e. The normalized spacial score (nSPS) is 16.4. The summed E-state index contributed by atoms with van der Waals surface area (Å²) in [6.45, 7) is 2.22. The van der Waals surface area contributed by atoms with Gasteiger partial charge in [0.2, 0.25) is 5.91 Å². The van der Waals surface area contributed by atoms with Crippen LogP contribution in [0.25, 0.3) is 0 Å². The zero-order chi connectivity index (χ0) is 19.7. The molecule has 146 valence electrons. The molecule has 0 aliphatic carbocycles. The Balaban J connectivity index is 0.000000412. The molecule has 0 spiro atoms. The lowest BCUT2D eigenvalue weighted by atomic mass is 10.2. The van der Waals surface area contributed by atoms with Crippen molar-refractivity contribution in [3.05, 3.63) is 29.3 Å². The Morgan fingerprint density at radius 2 is 2.00 bits per heavy atom. The molecule has 1 aromatic carbocycles. The molecule has 0 saturated carbocycles. The number of alkyl halides is 3. The Morgan fingerprint density at radius 3 is 2.50 bits per heavy atom. The molecule has 10 heteroatoms. The second-order valence-corrected chi connectivity index (χ2v) is 5.89. The second kappa shape index (κ2) is 10.2. The van der Waals surface area contributed by atoms with Gasteiger partial charge in [0.1, 0.15) is 5.75 Å². The van der Waals surface area contributed by atoms with E-state index in [2.05, 4.69) is 5.32 Å². The Kier molecular flexibility index (Phi) is 8.67. The van der Waals surface area contributed by atoms with E-state index in [4.69, 9.17) is 26.2 Å². The van der Waals surface area contributed by atoms with Gasteiger partial charge in [0, 0.05) is 19.6 Å². The molecule has 0 aromatic heterocycles. The first-order chi connectivity index (χ1) is 12.1. The zero-order valence-corrected chi connectivity index (χ0v) is 14.8. The first-order valence-corrected chi connectivity index (χ1v) is 8.14.